The molecule has 3 heterocycles. The fraction of sp³-hybridized carbons (Fsp3) is 0.500. The minimum atomic E-state index is -1.65. The summed E-state index contributed by atoms with van der Waals surface area (Å²) >= 11 is 0. The van der Waals surface area contributed by atoms with Crippen molar-refractivity contribution in [3.8, 4) is 12.3 Å². The molecular weight excluding hydrogens is 585 g/mol. The third kappa shape index (κ3) is 8.35. The molecule has 1 amide bonds. The van der Waals surface area contributed by atoms with Gasteiger partial charge in [-0.3, -0.25) is 9.36 Å². The van der Waals surface area contributed by atoms with E-state index in [1.165, 1.54) is 19.8 Å². The average molecular weight is 629 g/mol. The second-order valence-electron chi connectivity index (χ2n) is 10.0. The van der Waals surface area contributed by atoms with Crippen LogP contribution in [0.15, 0.2) is 43.0 Å². The zero-order valence-electron chi connectivity index (χ0n) is 27.5. The Labute approximate surface area is 262 Å². The highest BCUT2D eigenvalue weighted by Gasteiger charge is 2.48. The van der Waals surface area contributed by atoms with Gasteiger partial charge in [0, 0.05) is 26.1 Å². The van der Waals surface area contributed by atoms with Crippen molar-refractivity contribution in [1.29, 1.82) is 1.43 Å². The molecule has 1 aliphatic heterocycles. The van der Waals surface area contributed by atoms with E-state index in [0.29, 0.717) is 16.7 Å². The highest BCUT2D eigenvalue weighted by Crippen LogP contribution is 2.50. The minimum absolute atomic E-state index is 0.0241. The molecule has 5 atom stereocenters. The molecule has 1 fully saturated rings. The Bertz CT molecular complexity index is 1460. The molecule has 236 valence electrons. The zero-order valence-corrected chi connectivity index (χ0v) is 26.4. The number of nitrogens with one attached hydrogen (secondary N) is 1. The van der Waals surface area contributed by atoms with Crippen molar-refractivity contribution >= 4 is 31.4 Å². The van der Waals surface area contributed by atoms with E-state index in [2.05, 4.69) is 40.8 Å². The topological polar surface area (TPSA) is 137 Å². The minimum Gasteiger partial charge on any atom is -0.400 e. The lowest BCUT2D eigenvalue weighted by Gasteiger charge is -2.37. The van der Waals surface area contributed by atoms with E-state index in [4.69, 9.17) is 34.3 Å². The summed E-state index contributed by atoms with van der Waals surface area (Å²) in [6.07, 6.45) is 5.44. The Kier molecular flexibility index (Phi) is 12.4. The average Bonchev–Trinajstić information content (AvgIpc) is 3.62. The highest BCUT2D eigenvalue weighted by molar-refractivity contribution is 7.44. The maximum absolute atomic E-state index is 12.8. The number of ether oxygens (including phenoxy) is 2. The lowest BCUT2D eigenvalue weighted by Crippen LogP contribution is -2.39. The fourth-order valence-electron chi connectivity index (χ4n) is 4.67. The predicted octanol–water partition coefficient (Wildman–Crippen LogP) is 4.29. The molecule has 0 saturated carbocycles. The van der Waals surface area contributed by atoms with Crippen LogP contribution in [0.3, 0.4) is 0 Å². The van der Waals surface area contributed by atoms with Crippen LogP contribution >= 0.6 is 8.53 Å². The van der Waals surface area contributed by atoms with Crippen molar-refractivity contribution in [2.24, 2.45) is 0 Å². The van der Waals surface area contributed by atoms with E-state index in [9.17, 15) is 4.79 Å². The number of aliphatic hydroxyl groups excluding tert-OH is 1. The molecule has 44 heavy (non-hydrogen) atoms. The fourth-order valence-corrected chi connectivity index (χ4v) is 6.43. The summed E-state index contributed by atoms with van der Waals surface area (Å²) in [6.45, 7) is 15.6. The van der Waals surface area contributed by atoms with Crippen molar-refractivity contribution in [2.45, 2.75) is 71.2 Å². The number of carbonyl (C=O) groups is 1. The molecule has 3 unspecified atom stereocenters. The summed E-state index contributed by atoms with van der Waals surface area (Å²) in [6, 6.07) is 8.94. The Morgan fingerprint density at radius 3 is 2.68 bits per heavy atom. The largest absolute Gasteiger partial charge is 0.400 e. The number of nitrogens with zero attached hydrogens (tertiary/aromatic N) is 6. The molecule has 0 aliphatic carbocycles. The number of fused-ring (bicyclic) bond motifs is 1. The van der Waals surface area contributed by atoms with Crippen LogP contribution in [0.4, 0.5) is 5.82 Å². The summed E-state index contributed by atoms with van der Waals surface area (Å²) in [5.41, 5.74) is 1.22. The predicted molar refractivity (Wildman–Crippen MR) is 167 cm³/mol. The number of aliphatic hydroxyl groups is 1. The number of terminal acetylenes is 1. The first kappa shape index (κ1) is 31.9. The van der Waals surface area contributed by atoms with Crippen LogP contribution in [0, 0.1) is 18.9 Å². The number of imidazole rings is 1. The maximum Gasteiger partial charge on any atom is 0.259 e. The number of hydrogen-bond acceptors (Lipinski definition) is 10. The molecule has 14 heteroatoms. The normalized spacial score (nSPS) is 20.9. The first-order chi connectivity index (χ1) is 22.2. The van der Waals surface area contributed by atoms with Crippen molar-refractivity contribution in [3.05, 3.63) is 60.0 Å². The molecule has 1 aromatic carbocycles. The van der Waals surface area contributed by atoms with E-state index in [-0.39, 0.29) is 50.5 Å². The van der Waals surface area contributed by atoms with E-state index in [0.717, 1.165) is 0 Å². The van der Waals surface area contributed by atoms with Crippen LogP contribution in [0.5, 0.6) is 0 Å². The Morgan fingerprint density at radius 2 is 2.05 bits per heavy atom. The highest BCUT2D eigenvalue weighted by atomic mass is 31.2. The van der Waals surface area contributed by atoms with Crippen LogP contribution < -0.4 is 5.32 Å². The SMILES string of the molecule is [2H]C[C@H]1O[C@@H](n2cnc3c(NC(=O)c4ccccc4)ncnc32)C(OCC#C)C1OP(OCC[N+]#[C-])N(C(C)C)C(C)C.[3H]OC. The molecule has 1 saturated heterocycles. The maximum atomic E-state index is 12.8. The van der Waals surface area contributed by atoms with Crippen LogP contribution in [0.25, 0.3) is 16.0 Å². The third-order valence-corrected chi connectivity index (χ3v) is 8.54. The molecule has 13 nitrogen and oxygen atoms in total. The third-order valence-electron chi connectivity index (χ3n) is 6.41. The van der Waals surface area contributed by atoms with Crippen molar-refractivity contribution < 1.29 is 29.8 Å². The van der Waals surface area contributed by atoms with Gasteiger partial charge < -0.3 is 33.8 Å². The van der Waals surface area contributed by atoms with Gasteiger partial charge in [-0.15, -0.1) is 6.42 Å². The monoisotopic (exact) mass is 628 g/mol. The number of benzene rings is 1. The molecule has 0 bridgehead atoms. The number of carbonyl (C=O) groups excluding carboxylic acids is 1. The summed E-state index contributed by atoms with van der Waals surface area (Å²) in [7, 11) is -0.359. The van der Waals surface area contributed by atoms with Gasteiger partial charge in [0.2, 0.25) is 7.98 Å². The molecule has 0 radical (unpaired) electrons. The lowest BCUT2D eigenvalue weighted by molar-refractivity contribution is -0.0553. The van der Waals surface area contributed by atoms with Crippen molar-refractivity contribution in [2.75, 3.05) is 32.2 Å². The number of rotatable bonds is 13. The van der Waals surface area contributed by atoms with Gasteiger partial charge in [-0.05, 0) is 46.7 Å². The number of amides is 1. The number of aromatic nitrogens is 4. The van der Waals surface area contributed by atoms with Gasteiger partial charge in [0.1, 0.15) is 31.7 Å². The van der Waals surface area contributed by atoms with Crippen molar-refractivity contribution in [3.63, 3.8) is 0 Å². The zero-order chi connectivity index (χ0) is 33.6. The first-order valence-electron chi connectivity index (χ1n) is 15.1. The van der Waals surface area contributed by atoms with Gasteiger partial charge in [-0.2, -0.15) is 0 Å². The van der Waals surface area contributed by atoms with Crippen molar-refractivity contribution in [1.82, 2.24) is 24.2 Å². The van der Waals surface area contributed by atoms with Gasteiger partial charge in [0.05, 0.1) is 12.4 Å². The van der Waals surface area contributed by atoms with E-state index >= 15 is 0 Å². The van der Waals surface area contributed by atoms with E-state index in [1.807, 2.05) is 33.8 Å². The van der Waals surface area contributed by atoms with Crippen LogP contribution in [-0.2, 0) is 18.5 Å². The first-order valence-corrected chi connectivity index (χ1v) is 15.1. The quantitative estimate of drug-likeness (QED) is 0.122. The standard InChI is InChI=1S/C29H36N7O5P.CH4O/c1-8-15-38-25-24(41-42(39-16-14-30-7)36(19(2)3)20(4)5)21(6)40-29(25)35-18-33-23-26(31-17-32-27(23)35)34-28(37)22-12-10-9-11-13-22;1-2/h1,9-13,17-21,24-25,29H,14-16H2,2-6H3,(H,31,32,34,37);2H,1H3/t21-,24?,25?,29-,42?;/m1./s1/i6D;2T. The number of hydrogen-bond donors (Lipinski definition) is 2. The van der Waals surface area contributed by atoms with Gasteiger partial charge in [0.15, 0.2) is 23.2 Å². The van der Waals surface area contributed by atoms with Gasteiger partial charge in [-0.25, -0.2) is 26.2 Å². The van der Waals surface area contributed by atoms with Crippen LogP contribution in [0.2, 0.25) is 0 Å². The van der Waals surface area contributed by atoms with Gasteiger partial charge >= 0.3 is 0 Å². The molecule has 2 aromatic heterocycles. The smallest absolute Gasteiger partial charge is 0.259 e. The lowest BCUT2D eigenvalue weighted by atomic mass is 10.1. The molecule has 0 spiro atoms. The summed E-state index contributed by atoms with van der Waals surface area (Å²) < 4.78 is 43.0. The summed E-state index contributed by atoms with van der Waals surface area (Å²) in [5.74, 6) is 2.41. The summed E-state index contributed by atoms with van der Waals surface area (Å²) in [4.78, 5) is 29.4. The Balaban J connectivity index is 0.00000185. The second kappa shape index (κ2) is 17.1. The Hall–Kier alpha value is -3.52. The van der Waals surface area contributed by atoms with E-state index < -0.39 is 33.1 Å². The molecule has 1 aliphatic rings. The molecule has 4 rings (SSSR count). The molecule has 3 aromatic rings. The second-order valence-corrected chi connectivity index (χ2v) is 11.4. The number of anilines is 1. The molecular formula is C30H40N7O6P. The van der Waals surface area contributed by atoms with Crippen LogP contribution in [-0.4, -0.2) is 93.9 Å². The van der Waals surface area contributed by atoms with Gasteiger partial charge in [0.25, 0.3) is 14.4 Å². The van der Waals surface area contributed by atoms with Gasteiger partial charge in [-0.1, -0.05) is 24.1 Å². The Morgan fingerprint density at radius 1 is 1.32 bits per heavy atom. The van der Waals surface area contributed by atoms with Crippen LogP contribution in [0.1, 0.15) is 52.6 Å². The van der Waals surface area contributed by atoms with E-state index in [1.54, 1.807) is 28.8 Å². The summed E-state index contributed by atoms with van der Waals surface area (Å²) in [5, 5.41) is 6.30. The molecule has 2 N–H and O–H groups in total.